The minimum atomic E-state index is -0.678. The number of carbonyl (C=O) groups is 4. The summed E-state index contributed by atoms with van der Waals surface area (Å²) in [5.74, 6) is 1.39. The normalized spacial score (nSPS) is 22.4. The molecule has 8 atom stereocenters. The monoisotopic (exact) mass is 961 g/mol. The number of ether oxygens (including phenoxy) is 2. The molecule has 2 saturated carbocycles. The summed E-state index contributed by atoms with van der Waals surface area (Å²) in [6.45, 7) is 7.77. The molecule has 366 valence electrons. The lowest BCUT2D eigenvalue weighted by Gasteiger charge is -2.32. The van der Waals surface area contributed by atoms with Crippen LogP contribution in [0.3, 0.4) is 0 Å². The van der Waals surface area contributed by atoms with Crippen molar-refractivity contribution in [3.05, 3.63) is 121 Å². The van der Waals surface area contributed by atoms with Gasteiger partial charge in [-0.05, 0) is 158 Å². The van der Waals surface area contributed by atoms with E-state index in [1.807, 2.05) is 43.6 Å². The highest BCUT2D eigenvalue weighted by Crippen LogP contribution is 2.54. The summed E-state index contributed by atoms with van der Waals surface area (Å²) in [5.41, 5.74) is 11.7. The first-order valence-corrected chi connectivity index (χ1v) is 25.4. The maximum Gasteiger partial charge on any atom is 0.407 e. The van der Waals surface area contributed by atoms with Crippen LogP contribution in [0.4, 0.5) is 15.3 Å². The summed E-state index contributed by atoms with van der Waals surface area (Å²) < 4.78 is 9.69. The number of carbonyl (C=O) groups excluding carboxylic acids is 4. The molecule has 13 nitrogen and oxygen atoms in total. The van der Waals surface area contributed by atoms with E-state index in [1.165, 1.54) is 30.6 Å². The number of likely N-dealkylation sites (tertiary alicyclic amines) is 2. The van der Waals surface area contributed by atoms with Gasteiger partial charge in [0, 0.05) is 24.2 Å². The minimum absolute atomic E-state index is 0.0506. The highest BCUT2D eigenvalue weighted by molar-refractivity contribution is 6.02. The summed E-state index contributed by atoms with van der Waals surface area (Å²) in [5, 5.41) is 10.2. The molecular formula is C59H59N7O6. The predicted molar refractivity (Wildman–Crippen MR) is 280 cm³/mol. The Morgan fingerprint density at radius 2 is 1.01 bits per heavy atom. The number of H-pyrrole nitrogens is 1. The number of aliphatic imine (C=N–C) groups is 1. The van der Waals surface area contributed by atoms with Crippen molar-refractivity contribution in [1.29, 1.82) is 0 Å². The van der Waals surface area contributed by atoms with Gasteiger partial charge in [-0.3, -0.25) is 14.6 Å². The third-order valence-corrected chi connectivity index (χ3v) is 16.1. The molecule has 5 aliphatic rings. The van der Waals surface area contributed by atoms with Crippen LogP contribution in [0.15, 0.2) is 114 Å². The Morgan fingerprint density at radius 3 is 1.51 bits per heavy atom. The summed E-state index contributed by atoms with van der Waals surface area (Å²) in [6.07, 6.45) is 3.25. The van der Waals surface area contributed by atoms with Crippen LogP contribution in [0.25, 0.3) is 66.0 Å². The van der Waals surface area contributed by atoms with Crippen LogP contribution in [0.5, 0.6) is 0 Å². The van der Waals surface area contributed by atoms with E-state index in [4.69, 9.17) is 19.5 Å². The Balaban J connectivity index is 0.730. The molecule has 3 N–H and O–H groups in total. The second kappa shape index (κ2) is 17.6. The Hall–Kier alpha value is -7.54. The van der Waals surface area contributed by atoms with Gasteiger partial charge in [-0.15, -0.1) is 0 Å². The molecule has 4 heterocycles. The summed E-state index contributed by atoms with van der Waals surface area (Å²) in [7, 11) is 2.63. The zero-order valence-electron chi connectivity index (χ0n) is 41.4. The molecule has 13 heteroatoms. The average molecular weight is 962 g/mol. The molecule has 0 bridgehead atoms. The van der Waals surface area contributed by atoms with Gasteiger partial charge in [0.2, 0.25) is 11.8 Å². The number of aromatic amines is 1. The number of piperidine rings is 2. The van der Waals surface area contributed by atoms with E-state index in [-0.39, 0.29) is 47.8 Å². The van der Waals surface area contributed by atoms with E-state index in [0.717, 1.165) is 98.1 Å². The van der Waals surface area contributed by atoms with Gasteiger partial charge in [-0.1, -0.05) is 88.4 Å². The van der Waals surface area contributed by atoms with Gasteiger partial charge in [0.15, 0.2) is 0 Å². The van der Waals surface area contributed by atoms with Crippen LogP contribution in [0.2, 0.25) is 0 Å². The fourth-order valence-electron chi connectivity index (χ4n) is 12.0. The fraction of sp³-hybridized carbons (Fsp3) is 0.356. The zero-order valence-corrected chi connectivity index (χ0v) is 41.4. The fourth-order valence-corrected chi connectivity index (χ4v) is 12.0. The number of methoxy groups -OCH3 is 2. The van der Waals surface area contributed by atoms with Crippen LogP contribution in [0.1, 0.15) is 70.8 Å². The van der Waals surface area contributed by atoms with E-state index in [2.05, 4.69) is 119 Å². The van der Waals surface area contributed by atoms with Gasteiger partial charge in [0.25, 0.3) is 0 Å². The molecule has 7 aromatic rings. The van der Waals surface area contributed by atoms with E-state index >= 15 is 0 Å². The lowest BCUT2D eigenvalue weighted by atomic mass is 9.94. The number of alkyl carbamates (subject to hydrolysis) is 2. The van der Waals surface area contributed by atoms with Gasteiger partial charge in [-0.25, -0.2) is 14.6 Å². The van der Waals surface area contributed by atoms with Crippen LogP contribution in [-0.2, 0) is 25.5 Å². The number of benzene rings is 6. The first-order valence-electron chi connectivity index (χ1n) is 25.4. The number of fused-ring (bicyclic) bond motifs is 6. The molecule has 72 heavy (non-hydrogen) atoms. The molecule has 6 aromatic carbocycles. The molecule has 1 aromatic heterocycles. The molecule has 4 fully saturated rings. The summed E-state index contributed by atoms with van der Waals surface area (Å²) in [6, 6.07) is 38.2. The van der Waals surface area contributed by atoms with Gasteiger partial charge in [0.1, 0.15) is 17.9 Å². The van der Waals surface area contributed by atoms with Gasteiger partial charge >= 0.3 is 12.2 Å². The molecule has 12 rings (SSSR count). The van der Waals surface area contributed by atoms with Crippen LogP contribution < -0.4 is 10.6 Å². The van der Waals surface area contributed by atoms with Gasteiger partial charge in [-0.2, -0.15) is 0 Å². The Labute approximate surface area is 418 Å². The number of aromatic nitrogens is 2. The molecule has 2 saturated heterocycles. The summed E-state index contributed by atoms with van der Waals surface area (Å²) >= 11 is 0. The van der Waals surface area contributed by atoms with Crippen LogP contribution in [-0.4, -0.2) is 93.9 Å². The number of hydrogen-bond donors (Lipinski definition) is 3. The van der Waals surface area contributed by atoms with Crippen molar-refractivity contribution in [3.8, 4) is 33.4 Å². The zero-order chi connectivity index (χ0) is 49.7. The van der Waals surface area contributed by atoms with Crippen molar-refractivity contribution < 1.29 is 28.7 Å². The maximum atomic E-state index is 14.0. The van der Waals surface area contributed by atoms with Crippen molar-refractivity contribution in [3.63, 3.8) is 0 Å². The lowest BCUT2D eigenvalue weighted by Crippen LogP contribution is -2.55. The van der Waals surface area contributed by atoms with E-state index in [9.17, 15) is 19.2 Å². The molecule has 0 spiro atoms. The first-order chi connectivity index (χ1) is 34.8. The molecular weight excluding hydrogens is 903 g/mol. The largest absolute Gasteiger partial charge is 0.453 e. The van der Waals surface area contributed by atoms with E-state index in [1.54, 1.807) is 0 Å². The Bertz CT molecular complexity index is 3410. The molecule has 3 aliphatic heterocycles. The molecule has 2 aliphatic carbocycles. The third kappa shape index (κ3) is 8.12. The van der Waals surface area contributed by atoms with Crippen molar-refractivity contribution in [2.24, 2.45) is 28.7 Å². The Kier molecular flexibility index (Phi) is 11.2. The molecule has 4 amide bonds. The number of imidazole rings is 1. The highest BCUT2D eigenvalue weighted by Gasteiger charge is 2.57. The SMILES string of the molecule is COC(=O)N[C@H](C(=O)N1[C@@H]2C[C@@H]2C[C@H]1C1=Nc2ccc(-c3ccc4cc(-c5ccc6cc(-c7ccc8nc([C@@H]9C[C@H]%10C[C@H]%10N9C(=O)[C@@H](NC(=O)OC)C(C)C)[nH]c8c7)ccc6c5)ccc4c3)cc2C1)C(C)C. The number of nitrogens with zero attached hydrogens (tertiary/aromatic N) is 4. The third-order valence-electron chi connectivity index (χ3n) is 16.1. The smallest absolute Gasteiger partial charge is 0.407 e. The quantitative estimate of drug-likeness (QED) is 0.116. The van der Waals surface area contributed by atoms with Crippen molar-refractivity contribution in [2.75, 3.05) is 14.2 Å². The van der Waals surface area contributed by atoms with Crippen molar-refractivity contribution in [2.45, 2.75) is 96.1 Å². The topological polar surface area (TPSA) is 158 Å². The van der Waals surface area contributed by atoms with Crippen LogP contribution >= 0.6 is 0 Å². The number of hydrogen-bond acceptors (Lipinski definition) is 8. The number of amides is 4. The first kappa shape index (κ1) is 45.6. The maximum absolute atomic E-state index is 14.0. The number of nitrogens with one attached hydrogen (secondary N) is 3. The highest BCUT2D eigenvalue weighted by atomic mass is 16.5. The minimum Gasteiger partial charge on any atom is -0.453 e. The van der Waals surface area contributed by atoms with Gasteiger partial charge < -0.3 is 34.9 Å². The second-order valence-electron chi connectivity index (χ2n) is 21.4. The summed E-state index contributed by atoms with van der Waals surface area (Å²) in [4.78, 5) is 69.9. The molecule has 0 unspecified atom stereocenters. The second-order valence-corrected chi connectivity index (χ2v) is 21.4. The van der Waals surface area contributed by atoms with E-state index in [0.29, 0.717) is 18.3 Å². The van der Waals surface area contributed by atoms with E-state index < -0.39 is 24.3 Å². The number of rotatable bonds is 11. The molecule has 0 radical (unpaired) electrons. The Morgan fingerprint density at radius 1 is 0.569 bits per heavy atom. The van der Waals surface area contributed by atoms with Crippen LogP contribution in [0, 0.1) is 23.7 Å². The lowest BCUT2D eigenvalue weighted by molar-refractivity contribution is -0.137. The van der Waals surface area contributed by atoms with Crippen molar-refractivity contribution in [1.82, 2.24) is 30.4 Å². The predicted octanol–water partition coefficient (Wildman–Crippen LogP) is 10.9. The van der Waals surface area contributed by atoms with Gasteiger partial charge in [0.05, 0.1) is 43.0 Å². The standard InChI is InChI=1S/C59H59N7O6/c1-30(2)53(63-58(69)71-5)56(67)65-49-26-43(49)28-51(65)48-25-42-23-40(15-17-45(42)60-48)38-12-11-34-19-32(7-8-35(34)21-38)33-9-10-37-22-39(14-13-36(37)20-33)41-16-18-46-47(24-41)62-55(61-46)52-29-44-27-50(44)66(52)57(68)54(31(3)4)64-59(70)72-6/h7-24,30-31,43-44,49-54H,25-29H2,1-6H3,(H,61,62)(H,63,69)(H,64,70)/t43-,44-,49-,50-,51+,52+,53+,54+/m1/s1. The van der Waals surface area contributed by atoms with Crippen molar-refractivity contribution >= 4 is 68.0 Å². The average Bonchev–Trinajstić information content (AvgIpc) is 4.05.